The first kappa shape index (κ1) is 22.2. The number of carbonyl (C=O) groups is 1. The van der Waals surface area contributed by atoms with Gasteiger partial charge in [0.2, 0.25) is 5.96 Å². The van der Waals surface area contributed by atoms with Crippen molar-refractivity contribution in [3.05, 3.63) is 59.7 Å². The summed E-state index contributed by atoms with van der Waals surface area (Å²) in [5.74, 6) is -0.305. The summed E-state index contributed by atoms with van der Waals surface area (Å²) in [6.07, 6.45) is 0. The van der Waals surface area contributed by atoms with Gasteiger partial charge in [0.05, 0.1) is 5.71 Å². The normalized spacial score (nSPS) is 10.0. The van der Waals surface area contributed by atoms with Crippen molar-refractivity contribution in [2.75, 3.05) is 11.1 Å². The molecule has 7 N–H and O–H groups in total. The largest absolute Gasteiger partial charge is 0.399 e. The number of nitrogens with zero attached hydrogens (tertiary/aromatic N) is 2. The minimum Gasteiger partial charge on any atom is -0.399 e. The summed E-state index contributed by atoms with van der Waals surface area (Å²) in [6.45, 7) is 1.79. The van der Waals surface area contributed by atoms with Crippen LogP contribution in [0.15, 0.2) is 58.7 Å². The Labute approximate surface area is 158 Å². The molecule has 2 aromatic carbocycles. The summed E-state index contributed by atoms with van der Waals surface area (Å²) < 4.78 is 0. The Kier molecular flexibility index (Phi) is 9.04. The van der Waals surface area contributed by atoms with Crippen LogP contribution in [0.1, 0.15) is 22.8 Å². The Morgan fingerprint density at radius 3 is 1.92 bits per heavy atom. The van der Waals surface area contributed by atoms with Gasteiger partial charge in [-0.3, -0.25) is 4.79 Å². The van der Waals surface area contributed by atoms with Crippen LogP contribution in [0, 0.1) is 0 Å². The molecular formula is C16H20Cl2N6O. The molecule has 0 aromatic heterocycles. The van der Waals surface area contributed by atoms with Crippen molar-refractivity contribution in [1.29, 1.82) is 0 Å². The summed E-state index contributed by atoms with van der Waals surface area (Å²) in [6, 6.07) is 13.9. The molecule has 0 saturated carbocycles. The molecule has 134 valence electrons. The number of anilines is 2. The maximum Gasteiger partial charge on any atom is 0.255 e. The summed E-state index contributed by atoms with van der Waals surface area (Å²) >= 11 is 0. The maximum atomic E-state index is 12.1. The number of nitrogens with two attached hydrogens (primary N) is 3. The molecule has 1 amide bonds. The molecule has 0 aliphatic rings. The second-order valence-corrected chi connectivity index (χ2v) is 4.86. The zero-order valence-corrected chi connectivity index (χ0v) is 15.1. The molecule has 25 heavy (non-hydrogen) atoms. The highest BCUT2D eigenvalue weighted by Gasteiger charge is 2.06. The third-order valence-corrected chi connectivity index (χ3v) is 3.05. The fraction of sp³-hybridized carbons (Fsp3) is 0.0625. The first-order chi connectivity index (χ1) is 11.0. The van der Waals surface area contributed by atoms with E-state index in [2.05, 4.69) is 15.5 Å². The second-order valence-electron chi connectivity index (χ2n) is 4.86. The van der Waals surface area contributed by atoms with Crippen molar-refractivity contribution in [3.63, 3.8) is 0 Å². The number of nitrogens with one attached hydrogen (secondary N) is 1. The van der Waals surface area contributed by atoms with Crippen LogP contribution < -0.4 is 22.5 Å². The molecule has 7 nitrogen and oxygen atoms in total. The Morgan fingerprint density at radius 1 is 0.880 bits per heavy atom. The predicted octanol–water partition coefficient (Wildman–Crippen LogP) is 2.36. The number of amides is 1. The smallest absolute Gasteiger partial charge is 0.255 e. The lowest BCUT2D eigenvalue weighted by molar-refractivity contribution is 0.102. The zero-order valence-electron chi connectivity index (χ0n) is 13.5. The van der Waals surface area contributed by atoms with E-state index in [1.807, 2.05) is 12.1 Å². The molecule has 0 aliphatic heterocycles. The van der Waals surface area contributed by atoms with Crippen LogP contribution >= 0.6 is 24.8 Å². The van der Waals surface area contributed by atoms with E-state index in [0.29, 0.717) is 22.6 Å². The first-order valence-electron chi connectivity index (χ1n) is 6.86. The van der Waals surface area contributed by atoms with E-state index in [0.717, 1.165) is 5.56 Å². The highest BCUT2D eigenvalue weighted by molar-refractivity contribution is 6.05. The Balaban J connectivity index is 0.00000288. The van der Waals surface area contributed by atoms with Gasteiger partial charge in [-0.1, -0.05) is 12.1 Å². The molecule has 2 rings (SSSR count). The van der Waals surface area contributed by atoms with Crippen LogP contribution in [0.25, 0.3) is 0 Å². The van der Waals surface area contributed by atoms with Crippen molar-refractivity contribution in [2.45, 2.75) is 6.92 Å². The predicted molar refractivity (Wildman–Crippen MR) is 108 cm³/mol. The van der Waals surface area contributed by atoms with Crippen molar-refractivity contribution < 1.29 is 4.79 Å². The van der Waals surface area contributed by atoms with Gasteiger partial charge in [-0.25, -0.2) is 0 Å². The average Bonchev–Trinajstić information content (AvgIpc) is 2.54. The Hall–Kier alpha value is -2.77. The second kappa shape index (κ2) is 10.2. The third kappa shape index (κ3) is 6.70. The van der Waals surface area contributed by atoms with Gasteiger partial charge in [0, 0.05) is 16.9 Å². The number of rotatable bonds is 4. The fourth-order valence-corrected chi connectivity index (χ4v) is 1.82. The quantitative estimate of drug-likeness (QED) is 0.279. The lowest BCUT2D eigenvalue weighted by Crippen LogP contribution is -2.22. The lowest BCUT2D eigenvalue weighted by atomic mass is 10.1. The molecule has 0 radical (unpaired) electrons. The maximum absolute atomic E-state index is 12.1. The zero-order chi connectivity index (χ0) is 16.8. The van der Waals surface area contributed by atoms with Gasteiger partial charge in [-0.15, -0.1) is 29.9 Å². The minimum absolute atomic E-state index is 0. The van der Waals surface area contributed by atoms with Gasteiger partial charge in [0.15, 0.2) is 0 Å². The topological polar surface area (TPSA) is 132 Å². The van der Waals surface area contributed by atoms with Gasteiger partial charge >= 0.3 is 0 Å². The van der Waals surface area contributed by atoms with E-state index >= 15 is 0 Å². The van der Waals surface area contributed by atoms with Crippen molar-refractivity contribution in [1.82, 2.24) is 0 Å². The summed E-state index contributed by atoms with van der Waals surface area (Å²) in [5, 5.41) is 10.3. The SMILES string of the molecule is C/C(=N/N=C(N)N)c1ccc(NC(=O)c2ccc(N)cc2)cc1.Cl.Cl. The first-order valence-corrected chi connectivity index (χ1v) is 6.86. The molecule has 0 saturated heterocycles. The molecule has 9 heteroatoms. The summed E-state index contributed by atoms with van der Waals surface area (Å²) in [7, 11) is 0. The molecule has 0 bridgehead atoms. The monoisotopic (exact) mass is 382 g/mol. The van der Waals surface area contributed by atoms with Crippen LogP contribution in [0.3, 0.4) is 0 Å². The number of benzene rings is 2. The van der Waals surface area contributed by atoms with Crippen molar-refractivity contribution in [3.8, 4) is 0 Å². The minimum atomic E-state index is -0.205. The fourth-order valence-electron chi connectivity index (χ4n) is 1.82. The average molecular weight is 383 g/mol. The van der Waals surface area contributed by atoms with Gasteiger partial charge in [0.25, 0.3) is 5.91 Å². The molecule has 0 fully saturated rings. The Morgan fingerprint density at radius 2 is 1.40 bits per heavy atom. The van der Waals surface area contributed by atoms with Crippen LogP contribution in [0.5, 0.6) is 0 Å². The third-order valence-electron chi connectivity index (χ3n) is 3.05. The van der Waals surface area contributed by atoms with Gasteiger partial charge in [0.1, 0.15) is 0 Å². The highest BCUT2D eigenvalue weighted by Crippen LogP contribution is 2.13. The number of hydrogen-bond acceptors (Lipinski definition) is 4. The molecule has 0 spiro atoms. The van der Waals surface area contributed by atoms with Gasteiger partial charge < -0.3 is 22.5 Å². The molecule has 0 aliphatic carbocycles. The summed E-state index contributed by atoms with van der Waals surface area (Å²) in [4.78, 5) is 12.1. The molecule has 2 aromatic rings. The number of guanidine groups is 1. The Bertz CT molecular complexity index is 753. The molecule has 0 heterocycles. The highest BCUT2D eigenvalue weighted by atomic mass is 35.5. The van der Waals surface area contributed by atoms with E-state index in [-0.39, 0.29) is 36.7 Å². The van der Waals surface area contributed by atoms with E-state index in [4.69, 9.17) is 17.2 Å². The van der Waals surface area contributed by atoms with E-state index in [1.165, 1.54) is 0 Å². The van der Waals surface area contributed by atoms with Crippen molar-refractivity contribution >= 4 is 53.8 Å². The number of hydrogen-bond donors (Lipinski definition) is 4. The van der Waals surface area contributed by atoms with Gasteiger partial charge in [-0.05, 0) is 48.9 Å². The lowest BCUT2D eigenvalue weighted by Gasteiger charge is -2.06. The number of carbonyl (C=O) groups excluding carboxylic acids is 1. The van der Waals surface area contributed by atoms with Crippen LogP contribution in [-0.2, 0) is 0 Å². The molecular weight excluding hydrogens is 363 g/mol. The van der Waals surface area contributed by atoms with Crippen molar-refractivity contribution in [2.24, 2.45) is 21.7 Å². The van der Waals surface area contributed by atoms with Crippen LogP contribution in [0.2, 0.25) is 0 Å². The van der Waals surface area contributed by atoms with E-state index in [9.17, 15) is 4.79 Å². The van der Waals surface area contributed by atoms with Crippen LogP contribution in [0.4, 0.5) is 11.4 Å². The number of nitrogen functional groups attached to an aromatic ring is 1. The summed E-state index contributed by atoms with van der Waals surface area (Å²) in [5.41, 5.74) is 19.4. The van der Waals surface area contributed by atoms with E-state index in [1.54, 1.807) is 43.3 Å². The molecule has 0 atom stereocenters. The van der Waals surface area contributed by atoms with Crippen LogP contribution in [-0.4, -0.2) is 17.6 Å². The number of halogens is 2. The van der Waals surface area contributed by atoms with E-state index < -0.39 is 0 Å². The molecule has 0 unspecified atom stereocenters. The van der Waals surface area contributed by atoms with Gasteiger partial charge in [-0.2, -0.15) is 5.10 Å². The standard InChI is InChI=1S/C16H18N6O.2ClH/c1-10(21-22-16(18)19)11-4-8-14(9-5-11)20-15(23)12-2-6-13(17)7-3-12;;/h2-9H,17H2,1H3,(H,20,23)(H4,18,19,22);2*1H/b21-10-;;.